The number of thiophene rings is 1. The van der Waals surface area contributed by atoms with Gasteiger partial charge in [0.05, 0.1) is 5.69 Å². The van der Waals surface area contributed by atoms with Gasteiger partial charge in [0, 0.05) is 27.5 Å². The van der Waals surface area contributed by atoms with Crippen molar-refractivity contribution in [1.82, 2.24) is 15.0 Å². The summed E-state index contributed by atoms with van der Waals surface area (Å²) in [6.45, 7) is 4.22. The number of rotatable bonds is 1. The maximum atomic E-state index is 4.54. The fourth-order valence-electron chi connectivity index (χ4n) is 2.73. The minimum Gasteiger partial charge on any atom is -0.358 e. The number of nitrogens with one attached hydrogen (secondary N) is 1. The van der Waals surface area contributed by atoms with Crippen LogP contribution in [0.3, 0.4) is 0 Å². The Labute approximate surface area is 132 Å². The van der Waals surface area contributed by atoms with E-state index in [-0.39, 0.29) is 12.4 Å². The molecule has 0 bridgehead atoms. The number of hydrogen-bond acceptors (Lipinski definition) is 3. The highest BCUT2D eigenvalue weighted by atomic mass is 35.5. The minimum atomic E-state index is 0. The lowest BCUT2D eigenvalue weighted by Crippen LogP contribution is -1.87. The zero-order valence-electron chi connectivity index (χ0n) is 11.7. The summed E-state index contributed by atoms with van der Waals surface area (Å²) in [6, 6.07) is 8.58. The van der Waals surface area contributed by atoms with Crippen LogP contribution in [0.25, 0.3) is 32.4 Å². The molecule has 3 aromatic heterocycles. The molecule has 0 fully saturated rings. The largest absolute Gasteiger partial charge is 0.358 e. The van der Waals surface area contributed by atoms with Crippen LogP contribution in [0.15, 0.2) is 36.0 Å². The Morgan fingerprint density at radius 2 is 1.90 bits per heavy atom. The van der Waals surface area contributed by atoms with Gasteiger partial charge >= 0.3 is 0 Å². The van der Waals surface area contributed by atoms with E-state index in [1.54, 1.807) is 17.7 Å². The molecule has 1 N–H and O–H groups in total. The Morgan fingerprint density at radius 3 is 2.76 bits per heavy atom. The lowest BCUT2D eigenvalue weighted by atomic mass is 10.0. The lowest BCUT2D eigenvalue weighted by Gasteiger charge is -2.03. The smallest absolute Gasteiger partial charge is 0.127 e. The molecule has 0 saturated heterocycles. The molecule has 4 rings (SSSR count). The number of nitrogens with zero attached hydrogens (tertiary/aromatic N) is 2. The normalized spacial score (nSPS) is 11.0. The van der Waals surface area contributed by atoms with Crippen LogP contribution >= 0.6 is 23.7 Å². The highest BCUT2D eigenvalue weighted by molar-refractivity contribution is 7.16. The molecule has 0 atom stereocenters. The number of H-pyrrole nitrogens is 1. The second-order valence-electron chi connectivity index (χ2n) is 5.04. The Bertz CT molecular complexity index is 939. The van der Waals surface area contributed by atoms with Crippen LogP contribution in [0.2, 0.25) is 0 Å². The predicted molar refractivity (Wildman–Crippen MR) is 91.4 cm³/mol. The molecule has 0 aliphatic heterocycles. The van der Waals surface area contributed by atoms with Crippen molar-refractivity contribution in [2.45, 2.75) is 13.8 Å². The minimum absolute atomic E-state index is 0. The quantitative estimate of drug-likeness (QED) is 0.544. The van der Waals surface area contributed by atoms with Gasteiger partial charge in [-0.15, -0.1) is 23.7 Å². The fraction of sp³-hybridized carbons (Fsp3) is 0.125. The number of hydrogen-bond donors (Lipinski definition) is 1. The summed E-state index contributed by atoms with van der Waals surface area (Å²) in [7, 11) is 0. The van der Waals surface area contributed by atoms with E-state index in [4.69, 9.17) is 0 Å². The topological polar surface area (TPSA) is 41.6 Å². The van der Waals surface area contributed by atoms with Gasteiger partial charge in [-0.1, -0.05) is 11.6 Å². The summed E-state index contributed by atoms with van der Waals surface area (Å²) in [4.78, 5) is 13.4. The van der Waals surface area contributed by atoms with Gasteiger partial charge in [-0.3, -0.25) is 0 Å². The third kappa shape index (κ3) is 2.11. The van der Waals surface area contributed by atoms with Crippen molar-refractivity contribution < 1.29 is 0 Å². The fourth-order valence-corrected chi connectivity index (χ4v) is 3.47. The first-order valence-corrected chi connectivity index (χ1v) is 7.39. The van der Waals surface area contributed by atoms with Crippen molar-refractivity contribution in [2.75, 3.05) is 0 Å². The van der Waals surface area contributed by atoms with E-state index in [0.29, 0.717) is 0 Å². The van der Waals surface area contributed by atoms with Gasteiger partial charge in [0.2, 0.25) is 0 Å². The Hall–Kier alpha value is -1.91. The summed E-state index contributed by atoms with van der Waals surface area (Å²) < 4.78 is 0. The number of aromatic nitrogens is 3. The summed E-state index contributed by atoms with van der Waals surface area (Å²) >= 11 is 1.65. The van der Waals surface area contributed by atoms with Crippen molar-refractivity contribution in [3.05, 3.63) is 47.2 Å². The van der Waals surface area contributed by atoms with Crippen molar-refractivity contribution in [2.24, 2.45) is 0 Å². The van der Waals surface area contributed by atoms with Gasteiger partial charge in [0.15, 0.2) is 0 Å². The molecule has 0 radical (unpaired) electrons. The Morgan fingerprint density at radius 1 is 1.05 bits per heavy atom. The van der Waals surface area contributed by atoms with Crippen LogP contribution in [0.1, 0.15) is 11.3 Å². The highest BCUT2D eigenvalue weighted by Gasteiger charge is 2.15. The number of fused-ring (bicyclic) bond motifs is 2. The summed E-state index contributed by atoms with van der Waals surface area (Å²) in [5.41, 5.74) is 5.77. The first-order valence-electron chi connectivity index (χ1n) is 6.51. The lowest BCUT2D eigenvalue weighted by molar-refractivity contribution is 1.22. The molecule has 0 unspecified atom stereocenters. The predicted octanol–water partition coefficient (Wildman–Crippen LogP) is 4.88. The molecule has 0 saturated carbocycles. The number of aryl methyl sites for hydroxylation is 2. The SMILES string of the molecule is Cc1ccc2[nH]c(C)c(-c3ncnc4sccc34)c2c1.Cl. The van der Waals surface area contributed by atoms with Crippen molar-refractivity contribution in [3.8, 4) is 11.3 Å². The molecule has 0 spiro atoms. The van der Waals surface area contributed by atoms with E-state index in [1.165, 1.54) is 16.5 Å². The third-order valence-corrected chi connectivity index (χ3v) is 4.46. The van der Waals surface area contributed by atoms with E-state index in [9.17, 15) is 0 Å². The van der Waals surface area contributed by atoms with Gasteiger partial charge in [-0.25, -0.2) is 9.97 Å². The molecule has 106 valence electrons. The Kier molecular flexibility index (Phi) is 3.43. The molecule has 0 amide bonds. The maximum Gasteiger partial charge on any atom is 0.127 e. The molecule has 5 heteroatoms. The molecule has 21 heavy (non-hydrogen) atoms. The number of aromatic amines is 1. The molecule has 4 aromatic rings. The van der Waals surface area contributed by atoms with Crippen molar-refractivity contribution >= 4 is 44.9 Å². The molecule has 0 aliphatic carbocycles. The molecular weight excluding hydrogens is 302 g/mol. The summed E-state index contributed by atoms with van der Waals surface area (Å²) in [5, 5.41) is 4.43. The zero-order valence-corrected chi connectivity index (χ0v) is 13.3. The van der Waals surface area contributed by atoms with E-state index in [2.05, 4.69) is 58.4 Å². The van der Waals surface area contributed by atoms with Crippen LogP contribution in [0, 0.1) is 13.8 Å². The second kappa shape index (κ2) is 5.13. The van der Waals surface area contributed by atoms with E-state index in [1.807, 2.05) is 0 Å². The van der Waals surface area contributed by atoms with Gasteiger partial charge < -0.3 is 4.98 Å². The molecule has 0 aliphatic rings. The van der Waals surface area contributed by atoms with Crippen molar-refractivity contribution in [3.63, 3.8) is 0 Å². The first-order chi connectivity index (χ1) is 9.74. The summed E-state index contributed by atoms with van der Waals surface area (Å²) in [6.07, 6.45) is 1.65. The monoisotopic (exact) mass is 315 g/mol. The van der Waals surface area contributed by atoms with E-state index >= 15 is 0 Å². The molecular formula is C16H14ClN3S. The van der Waals surface area contributed by atoms with Crippen LogP contribution < -0.4 is 0 Å². The van der Waals surface area contributed by atoms with Crippen LogP contribution in [-0.4, -0.2) is 15.0 Å². The second-order valence-corrected chi connectivity index (χ2v) is 5.93. The van der Waals surface area contributed by atoms with Crippen LogP contribution in [0.5, 0.6) is 0 Å². The van der Waals surface area contributed by atoms with Gasteiger partial charge in [0.25, 0.3) is 0 Å². The summed E-state index contributed by atoms with van der Waals surface area (Å²) in [5.74, 6) is 0. The zero-order chi connectivity index (χ0) is 13.7. The molecule has 3 nitrogen and oxygen atoms in total. The highest BCUT2D eigenvalue weighted by Crippen LogP contribution is 2.36. The van der Waals surface area contributed by atoms with Crippen molar-refractivity contribution in [1.29, 1.82) is 0 Å². The van der Waals surface area contributed by atoms with Gasteiger partial charge in [-0.05, 0) is 37.4 Å². The van der Waals surface area contributed by atoms with Gasteiger partial charge in [-0.2, -0.15) is 0 Å². The molecule has 1 aromatic carbocycles. The van der Waals surface area contributed by atoms with E-state index < -0.39 is 0 Å². The third-order valence-electron chi connectivity index (χ3n) is 3.64. The van der Waals surface area contributed by atoms with Gasteiger partial charge in [0.1, 0.15) is 11.2 Å². The van der Waals surface area contributed by atoms with E-state index in [0.717, 1.165) is 27.1 Å². The average molecular weight is 316 g/mol. The van der Waals surface area contributed by atoms with Crippen LogP contribution in [0.4, 0.5) is 0 Å². The Balaban J connectivity index is 0.00000132. The number of benzene rings is 1. The maximum absolute atomic E-state index is 4.54. The standard InChI is InChI=1S/C16H13N3S.ClH/c1-9-3-4-13-12(7-9)14(10(2)19-13)15-11-5-6-20-16(11)18-8-17-15;/h3-8,19H,1-2H3;1H. The molecule has 3 heterocycles. The van der Waals surface area contributed by atoms with Crippen LogP contribution in [-0.2, 0) is 0 Å². The number of halogens is 1. The first kappa shape index (κ1) is 14.0. The average Bonchev–Trinajstić information content (AvgIpc) is 3.02.